The van der Waals surface area contributed by atoms with Crippen molar-refractivity contribution in [2.24, 2.45) is 0 Å². The van der Waals surface area contributed by atoms with Crippen LogP contribution in [0.15, 0.2) is 36.4 Å². The number of hydrogen-bond donors (Lipinski definition) is 0. The zero-order valence-electron chi connectivity index (χ0n) is 10.6. The average molecular weight is 273 g/mol. The second-order valence-corrected chi connectivity index (χ2v) is 4.67. The highest BCUT2D eigenvalue weighted by Gasteiger charge is 2.25. The Balaban J connectivity index is 1.99. The van der Waals surface area contributed by atoms with Crippen molar-refractivity contribution in [2.45, 2.75) is 13.0 Å². The Bertz CT molecular complexity index is 675. The molecule has 0 unspecified atom stereocenters. The second-order valence-electron chi connectivity index (χ2n) is 4.67. The maximum Gasteiger partial charge on any atom is 0.311 e. The van der Waals surface area contributed by atoms with E-state index in [0.717, 1.165) is 24.1 Å². The summed E-state index contributed by atoms with van der Waals surface area (Å²) >= 11 is 0. The smallest absolute Gasteiger partial charge is 0.311 e. The summed E-state index contributed by atoms with van der Waals surface area (Å²) in [5, 5.41) is 11.0. The van der Waals surface area contributed by atoms with E-state index in [1.54, 1.807) is 4.90 Å². The number of rotatable bonds is 2. The van der Waals surface area contributed by atoms with Crippen molar-refractivity contribution in [3.63, 3.8) is 0 Å². The van der Waals surface area contributed by atoms with Crippen molar-refractivity contribution in [1.82, 2.24) is 4.98 Å². The van der Waals surface area contributed by atoms with Gasteiger partial charge in [0.25, 0.3) is 0 Å². The number of nitro groups is 1. The monoisotopic (exact) mass is 273 g/mol. The van der Waals surface area contributed by atoms with Crippen LogP contribution in [0.25, 0.3) is 0 Å². The molecule has 0 saturated carbocycles. The van der Waals surface area contributed by atoms with Crippen molar-refractivity contribution in [2.75, 3.05) is 11.4 Å². The van der Waals surface area contributed by atoms with E-state index in [0.29, 0.717) is 13.1 Å². The molecule has 5 nitrogen and oxygen atoms in total. The van der Waals surface area contributed by atoms with E-state index >= 15 is 0 Å². The third-order valence-corrected chi connectivity index (χ3v) is 3.45. The van der Waals surface area contributed by atoms with Gasteiger partial charge < -0.3 is 4.90 Å². The van der Waals surface area contributed by atoms with Crippen molar-refractivity contribution in [3.8, 4) is 0 Å². The SMILES string of the molecule is O=[N+]([O-])c1ccc(F)nc1N1CCc2ccccc2C1. The van der Waals surface area contributed by atoms with Crippen LogP contribution in [0.2, 0.25) is 0 Å². The average Bonchev–Trinajstić information content (AvgIpc) is 2.46. The minimum Gasteiger partial charge on any atom is -0.346 e. The summed E-state index contributed by atoms with van der Waals surface area (Å²) in [4.78, 5) is 16.0. The van der Waals surface area contributed by atoms with Crippen LogP contribution in [0, 0.1) is 16.1 Å². The van der Waals surface area contributed by atoms with Crippen molar-refractivity contribution in [3.05, 3.63) is 63.6 Å². The van der Waals surface area contributed by atoms with Crippen LogP contribution >= 0.6 is 0 Å². The van der Waals surface area contributed by atoms with Gasteiger partial charge in [-0.05, 0) is 17.5 Å². The van der Waals surface area contributed by atoms with Gasteiger partial charge in [-0.25, -0.2) is 0 Å². The minimum atomic E-state index is -0.704. The zero-order chi connectivity index (χ0) is 14.1. The van der Waals surface area contributed by atoms with Gasteiger partial charge in [0, 0.05) is 25.2 Å². The van der Waals surface area contributed by atoms with Gasteiger partial charge in [-0.1, -0.05) is 24.3 Å². The van der Waals surface area contributed by atoms with E-state index in [4.69, 9.17) is 0 Å². The quantitative estimate of drug-likeness (QED) is 0.479. The fourth-order valence-corrected chi connectivity index (χ4v) is 2.47. The molecule has 1 aliphatic heterocycles. The van der Waals surface area contributed by atoms with Crippen molar-refractivity contribution in [1.29, 1.82) is 0 Å². The first kappa shape index (κ1) is 12.5. The highest BCUT2D eigenvalue weighted by atomic mass is 19.1. The van der Waals surface area contributed by atoms with Gasteiger partial charge in [0.15, 0.2) is 0 Å². The third kappa shape index (κ3) is 2.20. The normalized spacial score (nSPS) is 13.9. The van der Waals surface area contributed by atoms with Crippen LogP contribution in [0.5, 0.6) is 0 Å². The predicted molar refractivity (Wildman–Crippen MR) is 72.0 cm³/mol. The van der Waals surface area contributed by atoms with Crippen LogP contribution < -0.4 is 4.90 Å². The second kappa shape index (κ2) is 4.88. The van der Waals surface area contributed by atoms with E-state index in [1.165, 1.54) is 5.56 Å². The van der Waals surface area contributed by atoms with Gasteiger partial charge in [-0.3, -0.25) is 10.1 Å². The number of aromatic nitrogens is 1. The van der Waals surface area contributed by atoms with Crippen molar-refractivity contribution < 1.29 is 9.31 Å². The molecule has 2 aromatic rings. The number of anilines is 1. The Morgan fingerprint density at radius 3 is 2.70 bits per heavy atom. The van der Waals surface area contributed by atoms with Gasteiger partial charge in [-0.15, -0.1) is 0 Å². The van der Waals surface area contributed by atoms with E-state index in [2.05, 4.69) is 4.98 Å². The molecule has 0 spiro atoms. The topological polar surface area (TPSA) is 59.3 Å². The molecule has 0 N–H and O–H groups in total. The summed E-state index contributed by atoms with van der Waals surface area (Å²) in [7, 11) is 0. The molecule has 3 rings (SSSR count). The number of hydrogen-bond acceptors (Lipinski definition) is 4. The lowest BCUT2D eigenvalue weighted by Crippen LogP contribution is -2.31. The molecule has 1 aromatic heterocycles. The lowest BCUT2D eigenvalue weighted by molar-refractivity contribution is -0.384. The molecule has 20 heavy (non-hydrogen) atoms. The summed E-state index contributed by atoms with van der Waals surface area (Å²) in [6, 6.07) is 10.1. The van der Waals surface area contributed by atoms with Crippen LogP contribution in [0.1, 0.15) is 11.1 Å². The van der Waals surface area contributed by atoms with E-state index in [1.807, 2.05) is 24.3 Å². The molecule has 0 fully saturated rings. The highest BCUT2D eigenvalue weighted by Crippen LogP contribution is 2.30. The van der Waals surface area contributed by atoms with E-state index in [9.17, 15) is 14.5 Å². The van der Waals surface area contributed by atoms with Crippen LogP contribution in [-0.2, 0) is 13.0 Å². The Kier molecular flexibility index (Phi) is 3.06. The molecule has 1 aromatic carbocycles. The Hall–Kier alpha value is -2.50. The Morgan fingerprint density at radius 2 is 1.95 bits per heavy atom. The lowest BCUT2D eigenvalue weighted by atomic mass is 10.00. The molecule has 102 valence electrons. The van der Waals surface area contributed by atoms with Crippen LogP contribution in [0.4, 0.5) is 15.9 Å². The first-order chi connectivity index (χ1) is 9.65. The number of benzene rings is 1. The summed E-state index contributed by atoms with van der Waals surface area (Å²) in [5.41, 5.74) is 2.16. The van der Waals surface area contributed by atoms with Gasteiger partial charge in [0.1, 0.15) is 0 Å². The molecule has 1 aliphatic rings. The molecular formula is C14H12FN3O2. The first-order valence-corrected chi connectivity index (χ1v) is 6.28. The molecule has 0 radical (unpaired) electrons. The molecule has 0 aliphatic carbocycles. The number of nitrogens with zero attached hydrogens (tertiary/aromatic N) is 3. The Labute approximate surface area is 114 Å². The first-order valence-electron chi connectivity index (χ1n) is 6.28. The number of pyridine rings is 1. The highest BCUT2D eigenvalue weighted by molar-refractivity contribution is 5.58. The maximum atomic E-state index is 13.3. The number of halogens is 1. The van der Waals surface area contributed by atoms with Gasteiger partial charge in [-0.2, -0.15) is 9.37 Å². The largest absolute Gasteiger partial charge is 0.346 e. The summed E-state index contributed by atoms with van der Waals surface area (Å²) < 4.78 is 13.3. The third-order valence-electron chi connectivity index (χ3n) is 3.45. The van der Waals surface area contributed by atoms with Crippen LogP contribution in [-0.4, -0.2) is 16.5 Å². The molecule has 0 atom stereocenters. The van der Waals surface area contributed by atoms with Gasteiger partial charge >= 0.3 is 5.69 Å². The summed E-state index contributed by atoms with van der Waals surface area (Å²) in [6.07, 6.45) is 0.769. The summed E-state index contributed by atoms with van der Waals surface area (Å²) in [6.45, 7) is 1.10. The standard InChI is InChI=1S/C14H12FN3O2/c15-13-6-5-12(18(19)20)14(16-13)17-8-7-10-3-1-2-4-11(10)9-17/h1-6H,7-9H2. The number of fused-ring (bicyclic) bond motifs is 1. The zero-order valence-corrected chi connectivity index (χ0v) is 10.6. The Morgan fingerprint density at radius 1 is 1.20 bits per heavy atom. The maximum absolute atomic E-state index is 13.3. The fourth-order valence-electron chi connectivity index (χ4n) is 2.47. The summed E-state index contributed by atoms with van der Waals surface area (Å²) in [5.74, 6) is -0.603. The fraction of sp³-hybridized carbons (Fsp3) is 0.214. The van der Waals surface area contributed by atoms with E-state index in [-0.39, 0.29) is 11.5 Å². The van der Waals surface area contributed by atoms with Crippen LogP contribution in [0.3, 0.4) is 0 Å². The molecule has 0 amide bonds. The van der Waals surface area contributed by atoms with Gasteiger partial charge in [0.2, 0.25) is 11.8 Å². The predicted octanol–water partition coefficient (Wildman–Crippen LogP) is 2.69. The molecule has 0 saturated heterocycles. The molecule has 6 heteroatoms. The molecule has 0 bridgehead atoms. The van der Waals surface area contributed by atoms with Gasteiger partial charge in [0.05, 0.1) is 4.92 Å². The molecule has 2 heterocycles. The molecular weight excluding hydrogens is 261 g/mol. The minimum absolute atomic E-state index is 0.101. The lowest BCUT2D eigenvalue weighted by Gasteiger charge is -2.29. The van der Waals surface area contributed by atoms with Crippen molar-refractivity contribution >= 4 is 11.5 Å². The van der Waals surface area contributed by atoms with E-state index < -0.39 is 10.9 Å².